The molecule has 7 rings (SSSR count). The van der Waals surface area contributed by atoms with Crippen LogP contribution in [-0.4, -0.2) is 84.5 Å². The third-order valence-corrected chi connectivity index (χ3v) is 7.94. The Kier molecular flexibility index (Phi) is 8.92. The molecule has 2 atom stereocenters. The summed E-state index contributed by atoms with van der Waals surface area (Å²) >= 11 is 0. The number of pyridine rings is 1. The van der Waals surface area contributed by atoms with Gasteiger partial charge in [0.1, 0.15) is 23.4 Å². The van der Waals surface area contributed by atoms with E-state index in [9.17, 15) is 14.4 Å². The number of amides is 3. The first kappa shape index (κ1) is 29.4. The summed E-state index contributed by atoms with van der Waals surface area (Å²) in [6.07, 6.45) is 5.25. The van der Waals surface area contributed by atoms with Gasteiger partial charge in [-0.1, -0.05) is 12.1 Å². The predicted molar refractivity (Wildman–Crippen MR) is 161 cm³/mol. The maximum Gasteiger partial charge on any atom is 0.258 e. The molecule has 0 spiro atoms. The highest BCUT2D eigenvalue weighted by atomic mass is 16.5. The van der Waals surface area contributed by atoms with Crippen molar-refractivity contribution in [2.45, 2.75) is 38.1 Å². The summed E-state index contributed by atoms with van der Waals surface area (Å²) in [4.78, 5) is 47.3. The third-order valence-electron chi connectivity index (χ3n) is 7.94. The van der Waals surface area contributed by atoms with E-state index in [0.29, 0.717) is 61.5 Å². The lowest BCUT2D eigenvalue weighted by Gasteiger charge is -2.21. The molecule has 1 saturated heterocycles. The van der Waals surface area contributed by atoms with E-state index < -0.39 is 12.1 Å². The molecule has 11 heteroatoms. The molecule has 3 aromatic rings. The fraction of sp³-hybridized carbons (Fsp3) is 0.394. The monoisotopic (exact) mass is 599 g/mol. The van der Waals surface area contributed by atoms with Gasteiger partial charge in [0.25, 0.3) is 11.8 Å². The van der Waals surface area contributed by atoms with E-state index in [1.54, 1.807) is 35.5 Å². The van der Waals surface area contributed by atoms with Gasteiger partial charge >= 0.3 is 0 Å². The molecule has 1 aromatic heterocycles. The molecular weight excluding hydrogens is 562 g/mol. The maximum atomic E-state index is 13.6. The highest BCUT2D eigenvalue weighted by molar-refractivity contribution is 5.95. The Hall–Kier alpha value is -4.64. The average molecular weight is 600 g/mol. The number of nitrogens with one attached hydrogen (secondary N) is 2. The smallest absolute Gasteiger partial charge is 0.258 e. The molecule has 3 amide bonds. The highest BCUT2D eigenvalue weighted by Crippen LogP contribution is 2.31. The lowest BCUT2D eigenvalue weighted by molar-refractivity contribution is -0.131. The fourth-order valence-corrected chi connectivity index (χ4v) is 5.30. The molecule has 44 heavy (non-hydrogen) atoms. The third kappa shape index (κ3) is 7.84. The van der Waals surface area contributed by atoms with Crippen molar-refractivity contribution in [3.8, 4) is 17.2 Å². The summed E-state index contributed by atoms with van der Waals surface area (Å²) in [5.74, 6) is 1.32. The quantitative estimate of drug-likeness (QED) is 0.425. The van der Waals surface area contributed by atoms with Crippen molar-refractivity contribution in [2.75, 3.05) is 39.9 Å². The molecule has 11 nitrogen and oxygen atoms in total. The van der Waals surface area contributed by atoms with Crippen molar-refractivity contribution >= 4 is 17.7 Å². The number of rotatable bonds is 7. The molecule has 3 aliphatic heterocycles. The second-order valence-corrected chi connectivity index (χ2v) is 11.7. The molecule has 0 unspecified atom stereocenters. The van der Waals surface area contributed by atoms with Crippen LogP contribution in [0.3, 0.4) is 0 Å². The van der Waals surface area contributed by atoms with Crippen molar-refractivity contribution in [2.24, 2.45) is 5.92 Å². The predicted octanol–water partition coefficient (Wildman–Crippen LogP) is 2.40. The SMILES string of the molecule is CN(CC(=O)N1C[C@@H]2NC(=O)c3cc(cc(OCC4CC4)c3)OCC(=O)NCc3ccc(cc3)O[C@H]2C1)Cc1ccncc1. The summed E-state index contributed by atoms with van der Waals surface area (Å²) < 4.78 is 18.1. The van der Waals surface area contributed by atoms with Gasteiger partial charge in [0.15, 0.2) is 6.61 Å². The van der Waals surface area contributed by atoms with E-state index in [-0.39, 0.29) is 30.9 Å². The minimum absolute atomic E-state index is 0.0497. The number of likely N-dealkylation sites (tertiary alicyclic amines) is 1. The number of hydrogen-bond donors (Lipinski definition) is 2. The normalized spacial score (nSPS) is 20.2. The van der Waals surface area contributed by atoms with Gasteiger partial charge in [0, 0.05) is 43.7 Å². The van der Waals surface area contributed by atoms with Crippen LogP contribution in [0.5, 0.6) is 17.2 Å². The van der Waals surface area contributed by atoms with Crippen LogP contribution in [0.25, 0.3) is 0 Å². The molecule has 1 aliphatic carbocycles. The van der Waals surface area contributed by atoms with Gasteiger partial charge in [-0.05, 0) is 73.3 Å². The van der Waals surface area contributed by atoms with E-state index in [2.05, 4.69) is 15.6 Å². The van der Waals surface area contributed by atoms with Crippen LogP contribution >= 0.6 is 0 Å². The Morgan fingerprint density at radius 3 is 2.61 bits per heavy atom. The highest BCUT2D eigenvalue weighted by Gasteiger charge is 2.38. The molecule has 2 fully saturated rings. The first-order valence-electron chi connectivity index (χ1n) is 15.0. The Balaban J connectivity index is 1.21. The van der Waals surface area contributed by atoms with E-state index in [1.807, 2.05) is 48.3 Å². The molecule has 2 aromatic carbocycles. The Labute approximate surface area is 256 Å². The molecule has 230 valence electrons. The summed E-state index contributed by atoms with van der Waals surface area (Å²) in [5.41, 5.74) is 2.30. The minimum atomic E-state index is -0.473. The van der Waals surface area contributed by atoms with E-state index >= 15 is 0 Å². The van der Waals surface area contributed by atoms with Crippen LogP contribution in [0.2, 0.25) is 0 Å². The van der Waals surface area contributed by atoms with Crippen LogP contribution in [0.1, 0.15) is 34.3 Å². The molecule has 4 bridgehead atoms. The number of fused-ring (bicyclic) bond motifs is 7. The first-order chi connectivity index (χ1) is 21.4. The van der Waals surface area contributed by atoms with Gasteiger partial charge in [0.05, 0.1) is 25.7 Å². The molecule has 0 radical (unpaired) electrons. The lowest BCUT2D eigenvalue weighted by Crippen LogP contribution is -2.45. The van der Waals surface area contributed by atoms with Crippen molar-refractivity contribution in [1.29, 1.82) is 0 Å². The summed E-state index contributed by atoms with van der Waals surface area (Å²) in [7, 11) is 1.90. The van der Waals surface area contributed by atoms with Crippen molar-refractivity contribution in [3.05, 3.63) is 83.7 Å². The van der Waals surface area contributed by atoms with Crippen LogP contribution in [0, 0.1) is 5.92 Å². The van der Waals surface area contributed by atoms with Crippen molar-refractivity contribution in [1.82, 2.24) is 25.4 Å². The summed E-state index contributed by atoms with van der Waals surface area (Å²) in [6, 6.07) is 15.8. The maximum absolute atomic E-state index is 13.6. The number of benzene rings is 2. The Morgan fingerprint density at radius 1 is 1.05 bits per heavy atom. The average Bonchev–Trinajstić information content (AvgIpc) is 3.78. The molecule has 4 aliphatic rings. The zero-order valence-corrected chi connectivity index (χ0v) is 24.7. The standard InChI is InChI=1S/C33H37N5O6/c1-37(16-23-8-10-34-11-9-23)19-32(40)38-17-29-30(18-38)44-26-6-4-22(5-7-26)15-35-31(39)21-43-28-13-25(33(41)36-29)12-27(14-28)42-20-24-2-3-24/h4-14,24,29-30H,2-3,15-21H2,1H3,(H,35,39)(H,36,41)/t29-,30-/m0/s1. The lowest BCUT2D eigenvalue weighted by atomic mass is 10.1. The zero-order valence-electron chi connectivity index (χ0n) is 24.7. The van der Waals surface area contributed by atoms with Crippen LogP contribution in [-0.2, 0) is 22.7 Å². The van der Waals surface area contributed by atoms with Crippen LogP contribution in [0.15, 0.2) is 67.0 Å². The van der Waals surface area contributed by atoms with E-state index in [4.69, 9.17) is 14.2 Å². The largest absolute Gasteiger partial charge is 0.493 e. The van der Waals surface area contributed by atoms with Gasteiger partial charge in [-0.3, -0.25) is 24.3 Å². The number of aromatic nitrogens is 1. The van der Waals surface area contributed by atoms with Crippen molar-refractivity contribution < 1.29 is 28.6 Å². The van der Waals surface area contributed by atoms with E-state index in [1.165, 1.54) is 0 Å². The van der Waals surface area contributed by atoms with Crippen LogP contribution < -0.4 is 24.8 Å². The summed E-state index contributed by atoms with van der Waals surface area (Å²) in [6.45, 7) is 2.15. The van der Waals surface area contributed by atoms with Crippen molar-refractivity contribution in [3.63, 3.8) is 0 Å². The molecular formula is C33H37N5O6. The van der Waals surface area contributed by atoms with Gasteiger partial charge < -0.3 is 29.7 Å². The molecule has 2 N–H and O–H groups in total. The number of carbonyl (C=O) groups excluding carboxylic acids is 3. The van der Waals surface area contributed by atoms with E-state index in [0.717, 1.165) is 24.0 Å². The second-order valence-electron chi connectivity index (χ2n) is 11.7. The first-order valence-corrected chi connectivity index (χ1v) is 15.0. The molecule has 1 saturated carbocycles. The number of ether oxygens (including phenoxy) is 3. The van der Waals surface area contributed by atoms with Gasteiger partial charge in [0.2, 0.25) is 5.91 Å². The van der Waals surface area contributed by atoms with Gasteiger partial charge in [-0.2, -0.15) is 0 Å². The summed E-state index contributed by atoms with van der Waals surface area (Å²) in [5, 5.41) is 5.95. The Bertz CT molecular complexity index is 1480. The number of nitrogens with zero attached hydrogens (tertiary/aromatic N) is 3. The second kappa shape index (κ2) is 13.3. The number of carbonyl (C=O) groups is 3. The minimum Gasteiger partial charge on any atom is -0.493 e. The topological polar surface area (TPSA) is 122 Å². The van der Waals surface area contributed by atoms with Crippen LogP contribution in [0.4, 0.5) is 0 Å². The zero-order chi connectivity index (χ0) is 30.5. The number of likely N-dealkylation sites (N-methyl/N-ethyl adjacent to an activating group) is 1. The Morgan fingerprint density at radius 2 is 1.84 bits per heavy atom. The van der Waals surface area contributed by atoms with Gasteiger partial charge in [-0.15, -0.1) is 0 Å². The fourth-order valence-electron chi connectivity index (χ4n) is 5.30. The molecule has 4 heterocycles. The van der Waals surface area contributed by atoms with Gasteiger partial charge in [-0.25, -0.2) is 0 Å². The number of hydrogen-bond acceptors (Lipinski definition) is 8.